The second-order valence-corrected chi connectivity index (χ2v) is 14.7. The highest BCUT2D eigenvalue weighted by molar-refractivity contribution is 6.12. The van der Waals surface area contributed by atoms with Crippen molar-refractivity contribution in [3.05, 3.63) is 173 Å². The van der Waals surface area contributed by atoms with E-state index in [1.54, 1.807) is 138 Å². The van der Waals surface area contributed by atoms with Crippen molar-refractivity contribution >= 4 is 75.2 Å². The summed E-state index contributed by atoms with van der Waals surface area (Å²) in [5.41, 5.74) is 3.67. The minimum atomic E-state index is -1.22. The fourth-order valence-electron chi connectivity index (χ4n) is 7.08. The molecule has 1 unspecified atom stereocenters. The van der Waals surface area contributed by atoms with Crippen molar-refractivity contribution in [1.82, 2.24) is 14.5 Å². The van der Waals surface area contributed by atoms with E-state index in [4.69, 9.17) is 9.52 Å². The van der Waals surface area contributed by atoms with Gasteiger partial charge in [0.15, 0.2) is 5.78 Å². The van der Waals surface area contributed by atoms with Gasteiger partial charge in [-0.25, -0.2) is 4.79 Å². The zero-order valence-corrected chi connectivity index (χ0v) is 35.2. The van der Waals surface area contributed by atoms with Gasteiger partial charge in [-0.1, -0.05) is 66.7 Å². The summed E-state index contributed by atoms with van der Waals surface area (Å²) in [6.45, 7) is 1.00. The van der Waals surface area contributed by atoms with Crippen LogP contribution in [0, 0.1) is 22.7 Å². The van der Waals surface area contributed by atoms with Gasteiger partial charge in [-0.15, -0.1) is 0 Å². The van der Waals surface area contributed by atoms with E-state index in [0.717, 1.165) is 10.9 Å². The Morgan fingerprint density at radius 1 is 0.697 bits per heavy atom. The van der Waals surface area contributed by atoms with Crippen LogP contribution < -0.4 is 10.2 Å². The number of nitrogens with one attached hydrogen (secondary N) is 1. The molecule has 0 spiro atoms. The predicted octanol–water partition coefficient (Wildman–Crippen LogP) is 7.11. The number of nitrogens with zero attached hydrogens (tertiary/aromatic N) is 5. The van der Waals surface area contributed by atoms with Gasteiger partial charge in [-0.05, 0) is 73.2 Å². The number of aliphatic carboxylic acids is 3. The molecule has 3 heterocycles. The van der Waals surface area contributed by atoms with Crippen molar-refractivity contribution in [2.75, 3.05) is 4.90 Å². The van der Waals surface area contributed by atoms with Crippen molar-refractivity contribution in [2.24, 2.45) is 0 Å². The molecule has 2 amide bonds. The minimum absolute atomic E-state index is 0.0680. The van der Waals surface area contributed by atoms with Gasteiger partial charge >= 0.3 is 17.9 Å². The Bertz CT molecular complexity index is 3090. The Kier molecular flexibility index (Phi) is 14.8. The number of benzene rings is 4. The molecule has 0 aliphatic heterocycles. The summed E-state index contributed by atoms with van der Waals surface area (Å²) in [5, 5.41) is 51.0. The first-order valence-electron chi connectivity index (χ1n) is 20.1. The maximum Gasteiger partial charge on any atom is 0.326 e. The zero-order valence-electron chi connectivity index (χ0n) is 35.2. The van der Waals surface area contributed by atoms with Crippen LogP contribution in [0.25, 0.3) is 34.0 Å². The fourth-order valence-corrected chi connectivity index (χ4v) is 7.08. The normalized spacial score (nSPS) is 11.7. The molecule has 16 nitrogen and oxygen atoms in total. The van der Waals surface area contributed by atoms with Gasteiger partial charge in [-0.3, -0.25) is 24.0 Å². The van der Waals surface area contributed by atoms with E-state index < -0.39 is 35.8 Å². The number of hydrogen-bond acceptors (Lipinski definition) is 9. The molecular formula is C50H40N6O10. The molecule has 4 N–H and O–H groups in total. The molecule has 4 aromatic carbocycles. The predicted molar refractivity (Wildman–Crippen MR) is 242 cm³/mol. The lowest BCUT2D eigenvalue weighted by Gasteiger charge is -2.21. The highest BCUT2D eigenvalue weighted by Gasteiger charge is 2.24. The minimum Gasteiger partial charge on any atom is -0.480 e. The average Bonchev–Trinajstić information content (AvgIpc) is 4.04. The van der Waals surface area contributed by atoms with Gasteiger partial charge in [0.25, 0.3) is 11.8 Å². The van der Waals surface area contributed by atoms with Gasteiger partial charge in [0.1, 0.15) is 48.2 Å². The number of hydrogen-bond donors (Lipinski definition) is 4. The molecule has 0 saturated heterocycles. The lowest BCUT2D eigenvalue weighted by atomic mass is 10.0. The molecule has 0 fully saturated rings. The third kappa shape index (κ3) is 11.4. The highest BCUT2D eigenvalue weighted by atomic mass is 16.4. The quantitative estimate of drug-likeness (QED) is 0.0431. The molecule has 7 rings (SSSR count). The van der Waals surface area contributed by atoms with Crippen LogP contribution in [0.3, 0.4) is 0 Å². The molecule has 0 saturated carbocycles. The first-order chi connectivity index (χ1) is 31.8. The van der Waals surface area contributed by atoms with Crippen molar-refractivity contribution < 1.29 is 48.5 Å². The molecule has 1 atom stereocenters. The highest BCUT2D eigenvalue weighted by Crippen LogP contribution is 2.27. The number of anilines is 1. The smallest absolute Gasteiger partial charge is 0.326 e. The molecule has 0 radical (unpaired) electrons. The third-order valence-corrected chi connectivity index (χ3v) is 10.2. The van der Waals surface area contributed by atoms with Gasteiger partial charge < -0.3 is 39.1 Å². The Hall–Kier alpha value is -9.28. The number of carbonyl (C=O) groups is 6. The summed E-state index contributed by atoms with van der Waals surface area (Å²) in [5.74, 6) is -4.21. The zero-order chi connectivity index (χ0) is 47.3. The number of para-hydroxylation sites is 2. The van der Waals surface area contributed by atoms with Gasteiger partial charge in [-0.2, -0.15) is 10.5 Å². The number of nitriles is 2. The largest absolute Gasteiger partial charge is 0.480 e. The van der Waals surface area contributed by atoms with Crippen LogP contribution in [0.4, 0.5) is 5.69 Å². The van der Waals surface area contributed by atoms with Crippen LogP contribution in [-0.4, -0.2) is 66.0 Å². The molecular weight excluding hydrogens is 845 g/mol. The summed E-state index contributed by atoms with van der Waals surface area (Å²) in [7, 11) is 0. The molecule has 0 aliphatic rings. The van der Waals surface area contributed by atoms with Crippen molar-refractivity contribution in [2.45, 2.75) is 39.0 Å². The average molecular weight is 885 g/mol. The first kappa shape index (κ1) is 46.2. The maximum absolute atomic E-state index is 13.6. The van der Waals surface area contributed by atoms with Crippen LogP contribution in [-0.2, 0) is 50.0 Å². The number of ketones is 1. The van der Waals surface area contributed by atoms with Crippen molar-refractivity contribution in [1.29, 1.82) is 10.5 Å². The van der Waals surface area contributed by atoms with Crippen molar-refractivity contribution in [3.63, 3.8) is 0 Å². The number of fused-ring (bicyclic) bond motifs is 2. The Labute approximate surface area is 376 Å². The molecule has 16 heteroatoms. The van der Waals surface area contributed by atoms with E-state index in [9.17, 15) is 49.5 Å². The number of carboxylic acid groups (broad SMARTS) is 3. The summed E-state index contributed by atoms with van der Waals surface area (Å²) in [6.07, 6.45) is 7.51. The van der Waals surface area contributed by atoms with Crippen LogP contribution in [0.5, 0.6) is 0 Å². The summed E-state index contributed by atoms with van der Waals surface area (Å²) >= 11 is 0. The van der Waals surface area contributed by atoms with Gasteiger partial charge in [0.05, 0.1) is 12.8 Å². The molecule has 0 bridgehead atoms. The van der Waals surface area contributed by atoms with E-state index in [-0.39, 0.29) is 43.0 Å². The number of Topliss-reactive ketones (excluding diaryl/α,β-unsaturated/α-hetero) is 1. The number of rotatable bonds is 16. The van der Waals surface area contributed by atoms with E-state index >= 15 is 0 Å². The van der Waals surface area contributed by atoms with Gasteiger partial charge in [0, 0.05) is 63.0 Å². The monoisotopic (exact) mass is 884 g/mol. The lowest BCUT2D eigenvalue weighted by Crippen LogP contribution is -2.42. The van der Waals surface area contributed by atoms with Crippen LogP contribution in [0.1, 0.15) is 39.7 Å². The molecule has 66 heavy (non-hydrogen) atoms. The summed E-state index contributed by atoms with van der Waals surface area (Å²) < 4.78 is 8.48. The second kappa shape index (κ2) is 21.2. The number of carboxylic acids is 3. The maximum atomic E-state index is 13.6. The van der Waals surface area contributed by atoms with E-state index in [0.29, 0.717) is 44.6 Å². The standard InChI is InChI=1S/C27H21N3O5.C23H19N3O5/c1-18(31)19-8-10-22(11-9-19)30(16-23-5-4-12-35-23)27(34)20(14-28)13-21-15-29(17-26(32)33)25-7-3-2-6-24(21)25;24-12-16(22(29)25-19(23(30)31)10-15-6-2-1-3-7-15)11-17-13-26(14-21(27)28)20-9-5-4-8-18(17)20/h2-13,15H,16-17H2,1H3,(H,32,33);1-9,11,13,19H,10,14H2,(H,25,29)(H,27,28)(H,30,31)/b20-13+;16-11+. The van der Waals surface area contributed by atoms with Crippen LogP contribution in [0.15, 0.2) is 149 Å². The van der Waals surface area contributed by atoms with Gasteiger partial charge in [0.2, 0.25) is 0 Å². The lowest BCUT2D eigenvalue weighted by molar-refractivity contribution is -0.141. The van der Waals surface area contributed by atoms with E-state index in [1.165, 1.54) is 34.8 Å². The number of carbonyl (C=O) groups excluding carboxylic acids is 3. The second-order valence-electron chi connectivity index (χ2n) is 14.7. The van der Waals surface area contributed by atoms with E-state index in [2.05, 4.69) is 5.32 Å². The Morgan fingerprint density at radius 3 is 1.71 bits per heavy atom. The number of furan rings is 1. The molecule has 3 aromatic heterocycles. The number of aromatic nitrogens is 2. The molecule has 0 aliphatic carbocycles. The van der Waals surface area contributed by atoms with E-state index in [1.807, 2.05) is 6.07 Å². The third-order valence-electron chi connectivity index (χ3n) is 10.2. The first-order valence-corrected chi connectivity index (χ1v) is 20.1. The summed E-state index contributed by atoms with van der Waals surface area (Å²) in [4.78, 5) is 73.3. The Morgan fingerprint density at radius 2 is 1.23 bits per heavy atom. The molecule has 330 valence electrons. The SMILES string of the molecule is CC(=O)c1ccc(N(Cc2ccco2)C(=O)/C(C#N)=C/c2cn(CC(=O)O)c3ccccc23)cc1.N#C/C(=C\c1cn(CC(=O)O)c2ccccc12)C(=O)NC(Cc1ccccc1)C(=O)O. The number of amides is 2. The topological polar surface area (TPSA) is 249 Å². The van der Waals surface area contributed by atoms with Crippen LogP contribution in [0.2, 0.25) is 0 Å². The summed E-state index contributed by atoms with van der Waals surface area (Å²) in [6, 6.07) is 35.6. The van der Waals surface area contributed by atoms with Crippen LogP contribution >= 0.6 is 0 Å². The molecule has 7 aromatic rings. The fraction of sp³-hybridized carbons (Fsp3) is 0.120. The van der Waals surface area contributed by atoms with Crippen molar-refractivity contribution in [3.8, 4) is 12.1 Å². The Balaban J connectivity index is 0.000000220.